The molecule has 1 aromatic rings. The van der Waals surface area contributed by atoms with Gasteiger partial charge in [-0.1, -0.05) is 19.1 Å². The van der Waals surface area contributed by atoms with Crippen LogP contribution in [0.25, 0.3) is 0 Å². The molecule has 0 aliphatic carbocycles. The van der Waals surface area contributed by atoms with E-state index >= 15 is 0 Å². The van der Waals surface area contributed by atoms with E-state index in [1.807, 2.05) is 0 Å². The summed E-state index contributed by atoms with van der Waals surface area (Å²) in [6.45, 7) is 9.72. The van der Waals surface area contributed by atoms with Gasteiger partial charge >= 0.3 is 0 Å². The van der Waals surface area contributed by atoms with Crippen LogP contribution in [0.2, 0.25) is 0 Å². The molecule has 6 heteroatoms. The van der Waals surface area contributed by atoms with E-state index in [0.717, 1.165) is 31.4 Å². The van der Waals surface area contributed by atoms with Crippen molar-refractivity contribution in [1.29, 1.82) is 0 Å². The number of benzene rings is 1. The lowest BCUT2D eigenvalue weighted by Gasteiger charge is -2.32. The smallest absolute Gasteiger partial charge is 0.191 e. The number of nitrogens with one attached hydrogen (secondary N) is 2. The van der Waals surface area contributed by atoms with Crippen molar-refractivity contribution in [2.75, 3.05) is 44.9 Å². The summed E-state index contributed by atoms with van der Waals surface area (Å²) < 4.78 is 11.2. The van der Waals surface area contributed by atoms with Gasteiger partial charge in [-0.05, 0) is 49.8 Å². The van der Waals surface area contributed by atoms with Crippen LogP contribution in [-0.2, 0) is 16.0 Å². The van der Waals surface area contributed by atoms with Gasteiger partial charge in [0.1, 0.15) is 0 Å². The summed E-state index contributed by atoms with van der Waals surface area (Å²) in [5.74, 6) is 1.66. The Morgan fingerprint density at radius 1 is 1.25 bits per heavy atom. The van der Waals surface area contributed by atoms with Gasteiger partial charge in [-0.25, -0.2) is 0 Å². The predicted molar refractivity (Wildman–Crippen MR) is 115 cm³/mol. The predicted octanol–water partition coefficient (Wildman–Crippen LogP) is 2.78. The van der Waals surface area contributed by atoms with E-state index in [1.165, 1.54) is 37.2 Å². The third-order valence-electron chi connectivity index (χ3n) is 5.62. The van der Waals surface area contributed by atoms with Crippen LogP contribution < -0.4 is 15.5 Å². The van der Waals surface area contributed by atoms with Crippen molar-refractivity contribution in [1.82, 2.24) is 10.6 Å². The summed E-state index contributed by atoms with van der Waals surface area (Å²) in [6.07, 6.45) is 3.81. The van der Waals surface area contributed by atoms with Crippen molar-refractivity contribution in [2.24, 2.45) is 10.9 Å². The van der Waals surface area contributed by atoms with Crippen LogP contribution in [0.1, 0.15) is 38.7 Å². The summed E-state index contributed by atoms with van der Waals surface area (Å²) in [4.78, 5) is 6.82. The van der Waals surface area contributed by atoms with E-state index in [4.69, 9.17) is 9.47 Å². The number of ether oxygens (including phenoxy) is 2. The highest BCUT2D eigenvalue weighted by Gasteiger charge is 2.18. The minimum Gasteiger partial charge on any atom is -0.379 e. The van der Waals surface area contributed by atoms with E-state index < -0.39 is 0 Å². The first kappa shape index (κ1) is 20.9. The van der Waals surface area contributed by atoms with Crippen molar-refractivity contribution < 1.29 is 9.47 Å². The third kappa shape index (κ3) is 6.38. The molecule has 2 saturated heterocycles. The maximum Gasteiger partial charge on any atom is 0.191 e. The fourth-order valence-electron chi connectivity index (χ4n) is 3.67. The average Bonchev–Trinajstić information content (AvgIpc) is 3.24. The highest BCUT2D eigenvalue weighted by molar-refractivity contribution is 5.79. The summed E-state index contributed by atoms with van der Waals surface area (Å²) >= 11 is 0. The van der Waals surface area contributed by atoms with Crippen LogP contribution in [0.3, 0.4) is 0 Å². The van der Waals surface area contributed by atoms with Gasteiger partial charge in [0.2, 0.25) is 0 Å². The third-order valence-corrected chi connectivity index (χ3v) is 5.62. The number of piperidine rings is 1. The second-order valence-corrected chi connectivity index (χ2v) is 8.13. The van der Waals surface area contributed by atoms with Gasteiger partial charge in [-0.2, -0.15) is 0 Å². The molecule has 156 valence electrons. The van der Waals surface area contributed by atoms with Gasteiger partial charge in [0.05, 0.1) is 19.3 Å². The van der Waals surface area contributed by atoms with E-state index in [2.05, 4.69) is 58.6 Å². The highest BCUT2D eigenvalue weighted by atomic mass is 16.5. The van der Waals surface area contributed by atoms with Crippen LogP contribution in [0, 0.1) is 5.92 Å². The molecule has 2 heterocycles. The second kappa shape index (κ2) is 10.7. The number of hydrogen-bond donors (Lipinski definition) is 2. The van der Waals surface area contributed by atoms with Gasteiger partial charge in [-0.3, -0.25) is 4.99 Å². The van der Waals surface area contributed by atoms with E-state index in [9.17, 15) is 0 Å². The number of nitrogens with zero attached hydrogens (tertiary/aromatic N) is 2. The number of guanidine groups is 1. The number of rotatable bonds is 7. The average molecular weight is 389 g/mol. The first-order chi connectivity index (χ1) is 13.6. The molecule has 2 aliphatic heterocycles. The monoisotopic (exact) mass is 388 g/mol. The Kier molecular flexibility index (Phi) is 7.98. The van der Waals surface area contributed by atoms with Gasteiger partial charge < -0.3 is 25.0 Å². The first-order valence-electron chi connectivity index (χ1n) is 10.6. The molecule has 0 radical (unpaired) electrons. The first-order valence-corrected chi connectivity index (χ1v) is 10.6. The summed E-state index contributed by atoms with van der Waals surface area (Å²) in [5, 5.41) is 6.79. The lowest BCUT2D eigenvalue weighted by Crippen LogP contribution is -2.44. The molecule has 6 nitrogen and oxygen atoms in total. The molecule has 0 amide bonds. The van der Waals surface area contributed by atoms with Crippen molar-refractivity contribution in [3.63, 3.8) is 0 Å². The standard InChI is InChI=1S/C22H36N4O2/c1-17-8-11-26(12-9-17)20-6-4-19(5-7-20)14-24-22(23-3)25-18(2)15-28-21-10-13-27-16-21/h4-7,17-18,21H,8-16H2,1-3H3,(H2,23,24,25). The molecule has 0 saturated carbocycles. The Hall–Kier alpha value is -1.79. The van der Waals surface area contributed by atoms with Crippen LogP contribution in [0.5, 0.6) is 0 Å². The van der Waals surface area contributed by atoms with E-state index in [0.29, 0.717) is 13.2 Å². The summed E-state index contributed by atoms with van der Waals surface area (Å²) in [7, 11) is 1.80. The largest absolute Gasteiger partial charge is 0.379 e. The molecule has 0 bridgehead atoms. The van der Waals surface area contributed by atoms with E-state index in [1.54, 1.807) is 7.05 Å². The SMILES string of the molecule is CN=C(NCc1ccc(N2CCC(C)CC2)cc1)NC(C)COC1CCOC1. The molecule has 2 N–H and O–H groups in total. The fraction of sp³-hybridized carbons (Fsp3) is 0.682. The van der Waals surface area contributed by atoms with Crippen LogP contribution in [0.4, 0.5) is 5.69 Å². The Morgan fingerprint density at radius 2 is 2.00 bits per heavy atom. The molecule has 2 atom stereocenters. The maximum atomic E-state index is 5.88. The summed E-state index contributed by atoms with van der Waals surface area (Å²) in [5.41, 5.74) is 2.59. The number of hydrogen-bond acceptors (Lipinski definition) is 4. The maximum absolute atomic E-state index is 5.88. The van der Waals surface area contributed by atoms with Gasteiger partial charge in [-0.15, -0.1) is 0 Å². The van der Waals surface area contributed by atoms with Gasteiger partial charge in [0.15, 0.2) is 5.96 Å². The molecule has 2 aliphatic rings. The highest BCUT2D eigenvalue weighted by Crippen LogP contribution is 2.23. The van der Waals surface area contributed by atoms with Crippen molar-refractivity contribution in [2.45, 2.75) is 51.8 Å². The number of anilines is 1. The molecule has 3 rings (SSSR count). The van der Waals surface area contributed by atoms with Crippen LogP contribution >= 0.6 is 0 Å². The molecule has 28 heavy (non-hydrogen) atoms. The Morgan fingerprint density at radius 3 is 2.64 bits per heavy atom. The van der Waals surface area contributed by atoms with Crippen molar-refractivity contribution in [3.05, 3.63) is 29.8 Å². The number of aliphatic imine (C=N–C) groups is 1. The van der Waals surface area contributed by atoms with Gasteiger partial charge in [0.25, 0.3) is 0 Å². The quantitative estimate of drug-likeness (QED) is 0.556. The van der Waals surface area contributed by atoms with Crippen LogP contribution in [0.15, 0.2) is 29.3 Å². The minimum absolute atomic E-state index is 0.190. The lowest BCUT2D eigenvalue weighted by molar-refractivity contribution is 0.0347. The van der Waals surface area contributed by atoms with E-state index in [-0.39, 0.29) is 12.1 Å². The fourth-order valence-corrected chi connectivity index (χ4v) is 3.67. The zero-order valence-corrected chi connectivity index (χ0v) is 17.6. The van der Waals surface area contributed by atoms with Crippen molar-refractivity contribution >= 4 is 11.6 Å². The normalized spacial score (nSPS) is 22.3. The Balaban J connectivity index is 1.40. The zero-order chi connectivity index (χ0) is 19.8. The molecular weight excluding hydrogens is 352 g/mol. The van der Waals surface area contributed by atoms with Crippen molar-refractivity contribution in [3.8, 4) is 0 Å². The molecule has 2 unspecified atom stereocenters. The Labute approximate surface area is 169 Å². The Bertz CT molecular complexity index is 605. The molecular formula is C22H36N4O2. The van der Waals surface area contributed by atoms with Gasteiger partial charge in [0, 0.05) is 45.0 Å². The molecule has 0 aromatic heterocycles. The zero-order valence-electron chi connectivity index (χ0n) is 17.6. The molecule has 1 aromatic carbocycles. The lowest BCUT2D eigenvalue weighted by atomic mass is 9.99. The minimum atomic E-state index is 0.190. The topological polar surface area (TPSA) is 58.1 Å². The molecule has 2 fully saturated rings. The molecule has 0 spiro atoms. The summed E-state index contributed by atoms with van der Waals surface area (Å²) in [6, 6.07) is 9.09. The second-order valence-electron chi connectivity index (χ2n) is 8.13. The van der Waals surface area contributed by atoms with Crippen LogP contribution in [-0.4, -0.2) is 58.1 Å².